The van der Waals surface area contributed by atoms with E-state index < -0.39 is 10.0 Å². The molecule has 1 rings (SSSR count). The summed E-state index contributed by atoms with van der Waals surface area (Å²) in [6.45, 7) is 2.50. The zero-order chi connectivity index (χ0) is 14.3. The Morgan fingerprint density at radius 1 is 1.37 bits per heavy atom. The van der Waals surface area contributed by atoms with E-state index in [0.717, 1.165) is 17.3 Å². The minimum atomic E-state index is -3.48. The molecule has 19 heavy (non-hydrogen) atoms. The topological polar surface area (TPSA) is 66.4 Å². The predicted molar refractivity (Wildman–Crippen MR) is 79.4 cm³/mol. The van der Waals surface area contributed by atoms with Gasteiger partial charge >= 0.3 is 0 Å². The van der Waals surface area contributed by atoms with Gasteiger partial charge in [-0.3, -0.25) is 0 Å². The van der Waals surface area contributed by atoms with Gasteiger partial charge in [0, 0.05) is 17.6 Å². The summed E-state index contributed by atoms with van der Waals surface area (Å²) < 4.78 is 27.6. The number of sulfonamides is 1. The first-order chi connectivity index (χ1) is 8.99. The highest BCUT2D eigenvalue weighted by Gasteiger charge is 2.16. The number of aliphatic hydroxyl groups excluding tert-OH is 1. The molecule has 0 bridgehead atoms. The predicted octanol–water partition coefficient (Wildman–Crippen LogP) is 2.53. The average molecular weight is 350 g/mol. The van der Waals surface area contributed by atoms with Crippen LogP contribution in [0.15, 0.2) is 33.6 Å². The number of benzene rings is 1. The second kappa shape index (κ2) is 7.99. The van der Waals surface area contributed by atoms with Crippen LogP contribution in [0, 0.1) is 5.92 Å². The summed E-state index contributed by atoms with van der Waals surface area (Å²) in [7, 11) is -3.48. The lowest BCUT2D eigenvalue weighted by Crippen LogP contribution is -2.29. The normalized spacial score (nSPS) is 13.4. The Hall–Kier alpha value is -0.430. The van der Waals surface area contributed by atoms with E-state index in [0.29, 0.717) is 13.0 Å². The monoisotopic (exact) mass is 349 g/mol. The summed E-state index contributed by atoms with van der Waals surface area (Å²) in [5.74, 6) is 0.178. The van der Waals surface area contributed by atoms with Crippen molar-refractivity contribution >= 4 is 26.0 Å². The van der Waals surface area contributed by atoms with Gasteiger partial charge < -0.3 is 5.11 Å². The average Bonchev–Trinajstić information content (AvgIpc) is 2.37. The van der Waals surface area contributed by atoms with Crippen LogP contribution in [0.4, 0.5) is 0 Å². The van der Waals surface area contributed by atoms with Crippen LogP contribution in [0.1, 0.15) is 26.2 Å². The molecule has 0 saturated heterocycles. The van der Waals surface area contributed by atoms with Crippen molar-refractivity contribution in [2.75, 3.05) is 13.2 Å². The van der Waals surface area contributed by atoms with Crippen molar-refractivity contribution in [2.45, 2.75) is 31.1 Å². The van der Waals surface area contributed by atoms with Crippen LogP contribution in [0.25, 0.3) is 0 Å². The van der Waals surface area contributed by atoms with Crippen molar-refractivity contribution in [2.24, 2.45) is 5.92 Å². The van der Waals surface area contributed by atoms with Gasteiger partial charge in [0.25, 0.3) is 0 Å². The molecule has 2 N–H and O–H groups in total. The first-order valence-electron chi connectivity index (χ1n) is 6.35. The van der Waals surface area contributed by atoms with Crippen LogP contribution in [-0.2, 0) is 10.0 Å². The van der Waals surface area contributed by atoms with Crippen molar-refractivity contribution in [3.8, 4) is 0 Å². The number of hydrogen-bond donors (Lipinski definition) is 2. The maximum Gasteiger partial charge on any atom is 0.240 e. The van der Waals surface area contributed by atoms with E-state index in [-0.39, 0.29) is 17.4 Å². The fourth-order valence-electron chi connectivity index (χ4n) is 1.88. The number of aliphatic hydroxyl groups is 1. The van der Waals surface area contributed by atoms with Gasteiger partial charge in [-0.1, -0.05) is 35.3 Å². The summed E-state index contributed by atoms with van der Waals surface area (Å²) in [6, 6.07) is 6.61. The lowest BCUT2D eigenvalue weighted by molar-refractivity contribution is 0.251. The van der Waals surface area contributed by atoms with Crippen LogP contribution < -0.4 is 4.72 Å². The number of halogens is 1. The molecule has 0 saturated carbocycles. The Bertz CT molecular complexity index is 484. The maximum absolute atomic E-state index is 12.1. The van der Waals surface area contributed by atoms with E-state index in [2.05, 4.69) is 20.7 Å². The Morgan fingerprint density at radius 2 is 2.11 bits per heavy atom. The van der Waals surface area contributed by atoms with Crippen LogP contribution in [0.5, 0.6) is 0 Å². The van der Waals surface area contributed by atoms with Crippen molar-refractivity contribution in [3.63, 3.8) is 0 Å². The smallest absolute Gasteiger partial charge is 0.240 e. The van der Waals surface area contributed by atoms with Gasteiger partial charge in [-0.25, -0.2) is 13.1 Å². The molecule has 1 unspecified atom stereocenters. The highest BCUT2D eigenvalue weighted by Crippen LogP contribution is 2.17. The molecular weight excluding hydrogens is 330 g/mol. The van der Waals surface area contributed by atoms with Crippen LogP contribution in [-0.4, -0.2) is 26.7 Å². The fourth-order valence-corrected chi connectivity index (χ4v) is 3.60. The first kappa shape index (κ1) is 16.6. The minimum Gasteiger partial charge on any atom is -0.396 e. The number of rotatable bonds is 8. The molecule has 4 nitrogen and oxygen atoms in total. The zero-order valence-electron chi connectivity index (χ0n) is 11.0. The minimum absolute atomic E-state index is 0.0866. The molecule has 0 amide bonds. The number of hydrogen-bond acceptors (Lipinski definition) is 3. The van der Waals surface area contributed by atoms with Crippen LogP contribution in [0.2, 0.25) is 0 Å². The highest BCUT2D eigenvalue weighted by molar-refractivity contribution is 9.10. The van der Waals surface area contributed by atoms with E-state index in [4.69, 9.17) is 5.11 Å². The van der Waals surface area contributed by atoms with Gasteiger partial charge in [0.1, 0.15) is 0 Å². The largest absolute Gasteiger partial charge is 0.396 e. The van der Waals surface area contributed by atoms with Gasteiger partial charge in [0.15, 0.2) is 0 Å². The van der Waals surface area contributed by atoms with Gasteiger partial charge in [-0.15, -0.1) is 0 Å². The second-order valence-electron chi connectivity index (χ2n) is 4.48. The summed E-state index contributed by atoms with van der Waals surface area (Å²) in [6.07, 6.45) is 2.50. The molecule has 1 aromatic rings. The molecule has 0 aliphatic carbocycles. The summed E-state index contributed by atoms with van der Waals surface area (Å²) >= 11 is 3.26. The van der Waals surface area contributed by atoms with E-state index in [1.807, 2.05) is 6.92 Å². The molecule has 0 heterocycles. The lowest BCUT2D eigenvalue weighted by Gasteiger charge is -2.15. The third-order valence-electron chi connectivity index (χ3n) is 2.90. The Morgan fingerprint density at radius 3 is 2.68 bits per heavy atom. The van der Waals surface area contributed by atoms with Crippen molar-refractivity contribution in [1.29, 1.82) is 0 Å². The lowest BCUT2D eigenvalue weighted by atomic mass is 10.0. The molecule has 0 spiro atoms. The fraction of sp³-hybridized carbons (Fsp3) is 0.538. The molecule has 0 aromatic heterocycles. The summed E-state index contributed by atoms with van der Waals surface area (Å²) in [5.41, 5.74) is 0. The SMILES string of the molecule is CCCC(CCO)CNS(=O)(=O)c1cccc(Br)c1. The summed E-state index contributed by atoms with van der Waals surface area (Å²) in [4.78, 5) is 0.251. The molecule has 0 fully saturated rings. The van der Waals surface area contributed by atoms with Crippen molar-refractivity contribution in [1.82, 2.24) is 4.72 Å². The maximum atomic E-state index is 12.1. The molecule has 0 radical (unpaired) electrons. The molecule has 6 heteroatoms. The highest BCUT2D eigenvalue weighted by atomic mass is 79.9. The third-order valence-corrected chi connectivity index (χ3v) is 4.82. The molecule has 0 aliphatic rings. The van der Waals surface area contributed by atoms with Gasteiger partial charge in [0.05, 0.1) is 4.90 Å². The molecular formula is C13H20BrNO3S. The van der Waals surface area contributed by atoms with Gasteiger partial charge in [0.2, 0.25) is 10.0 Å². The van der Waals surface area contributed by atoms with Crippen LogP contribution >= 0.6 is 15.9 Å². The summed E-state index contributed by atoms with van der Waals surface area (Å²) in [5, 5.41) is 8.96. The quantitative estimate of drug-likeness (QED) is 0.757. The first-order valence-corrected chi connectivity index (χ1v) is 8.63. The third kappa shape index (κ3) is 5.60. The van der Waals surface area contributed by atoms with Crippen molar-refractivity contribution < 1.29 is 13.5 Å². The standard InChI is InChI=1S/C13H20BrNO3S/c1-2-4-11(7-8-16)10-15-19(17,18)13-6-3-5-12(14)9-13/h3,5-6,9,11,15-16H,2,4,7-8,10H2,1H3. The molecule has 0 aliphatic heterocycles. The van der Waals surface area contributed by atoms with E-state index >= 15 is 0 Å². The van der Waals surface area contributed by atoms with Gasteiger partial charge in [-0.05, 0) is 37.0 Å². The molecule has 1 aromatic carbocycles. The zero-order valence-corrected chi connectivity index (χ0v) is 13.4. The molecule has 1 atom stereocenters. The number of nitrogens with one attached hydrogen (secondary N) is 1. The molecule has 108 valence electrons. The van der Waals surface area contributed by atoms with Crippen LogP contribution in [0.3, 0.4) is 0 Å². The second-order valence-corrected chi connectivity index (χ2v) is 7.16. The Kier molecular flexibility index (Phi) is 6.99. The van der Waals surface area contributed by atoms with E-state index in [1.165, 1.54) is 0 Å². The van der Waals surface area contributed by atoms with E-state index in [9.17, 15) is 8.42 Å². The Labute approximate surface area is 123 Å². The van der Waals surface area contributed by atoms with E-state index in [1.54, 1.807) is 24.3 Å². The Balaban J connectivity index is 2.69. The van der Waals surface area contributed by atoms with Crippen molar-refractivity contribution in [3.05, 3.63) is 28.7 Å². The van der Waals surface area contributed by atoms with Gasteiger partial charge in [-0.2, -0.15) is 0 Å².